The number of carboxylic acid groups (broad SMARTS) is 2. The van der Waals surface area contributed by atoms with Gasteiger partial charge >= 0.3 is 11.9 Å². The van der Waals surface area contributed by atoms with E-state index in [1.807, 2.05) is 0 Å². The van der Waals surface area contributed by atoms with Crippen molar-refractivity contribution in [3.8, 4) is 0 Å². The third kappa shape index (κ3) is 3.04. The molecule has 0 radical (unpaired) electrons. The SMILES string of the molecule is CCC(=O)Nc1ccc(C(=O)O)c(C(=O)O)c1. The van der Waals surface area contributed by atoms with Gasteiger partial charge in [0, 0.05) is 12.1 Å². The number of carbonyl (C=O) groups excluding carboxylic acids is 1. The summed E-state index contributed by atoms with van der Waals surface area (Å²) in [5.41, 5.74) is -0.405. The monoisotopic (exact) mass is 237 g/mol. The van der Waals surface area contributed by atoms with Crippen molar-refractivity contribution >= 4 is 23.5 Å². The Morgan fingerprint density at radius 3 is 2.18 bits per heavy atom. The summed E-state index contributed by atoms with van der Waals surface area (Å²) < 4.78 is 0. The second kappa shape index (κ2) is 5.11. The zero-order chi connectivity index (χ0) is 13.0. The molecule has 0 heterocycles. The van der Waals surface area contributed by atoms with E-state index in [9.17, 15) is 14.4 Å². The van der Waals surface area contributed by atoms with E-state index >= 15 is 0 Å². The van der Waals surface area contributed by atoms with Crippen LogP contribution in [0.25, 0.3) is 0 Å². The van der Waals surface area contributed by atoms with Crippen molar-refractivity contribution < 1.29 is 24.6 Å². The highest BCUT2D eigenvalue weighted by molar-refractivity contribution is 6.03. The van der Waals surface area contributed by atoms with Crippen LogP contribution in [0.1, 0.15) is 34.1 Å². The van der Waals surface area contributed by atoms with Crippen LogP contribution in [0.15, 0.2) is 18.2 Å². The maximum atomic E-state index is 11.1. The number of hydrogen-bond donors (Lipinski definition) is 3. The van der Waals surface area contributed by atoms with Crippen molar-refractivity contribution in [2.24, 2.45) is 0 Å². The van der Waals surface area contributed by atoms with Gasteiger partial charge in [-0.15, -0.1) is 0 Å². The smallest absolute Gasteiger partial charge is 0.336 e. The maximum Gasteiger partial charge on any atom is 0.336 e. The largest absolute Gasteiger partial charge is 0.478 e. The zero-order valence-electron chi connectivity index (χ0n) is 9.06. The molecule has 0 atom stereocenters. The van der Waals surface area contributed by atoms with Crippen LogP contribution in [-0.2, 0) is 4.79 Å². The summed E-state index contributed by atoms with van der Waals surface area (Å²) in [5.74, 6) is -2.95. The number of anilines is 1. The maximum absolute atomic E-state index is 11.1. The molecule has 0 unspecified atom stereocenters. The van der Waals surface area contributed by atoms with Crippen LogP contribution in [0, 0.1) is 0 Å². The first kappa shape index (κ1) is 12.7. The number of hydrogen-bond acceptors (Lipinski definition) is 3. The second-order valence-corrected chi connectivity index (χ2v) is 3.27. The number of carboxylic acids is 2. The van der Waals surface area contributed by atoms with E-state index in [1.165, 1.54) is 6.07 Å². The number of carbonyl (C=O) groups is 3. The van der Waals surface area contributed by atoms with Gasteiger partial charge in [0.2, 0.25) is 5.91 Å². The van der Waals surface area contributed by atoms with Crippen LogP contribution in [0.2, 0.25) is 0 Å². The predicted octanol–water partition coefficient (Wildman–Crippen LogP) is 1.43. The molecule has 6 heteroatoms. The molecular formula is C11H11NO5. The zero-order valence-corrected chi connectivity index (χ0v) is 9.06. The summed E-state index contributed by atoms with van der Waals surface area (Å²) >= 11 is 0. The molecule has 3 N–H and O–H groups in total. The van der Waals surface area contributed by atoms with Gasteiger partial charge in [-0.1, -0.05) is 6.92 Å². The Morgan fingerprint density at radius 2 is 1.71 bits per heavy atom. The lowest BCUT2D eigenvalue weighted by atomic mass is 10.1. The highest BCUT2D eigenvalue weighted by Gasteiger charge is 2.16. The number of aromatic carboxylic acids is 2. The Balaban J connectivity index is 3.14. The fourth-order valence-electron chi connectivity index (χ4n) is 1.23. The van der Waals surface area contributed by atoms with Gasteiger partial charge < -0.3 is 15.5 Å². The van der Waals surface area contributed by atoms with Crippen molar-refractivity contribution in [1.29, 1.82) is 0 Å². The van der Waals surface area contributed by atoms with Crippen molar-refractivity contribution in [1.82, 2.24) is 0 Å². The lowest BCUT2D eigenvalue weighted by Crippen LogP contribution is -2.12. The molecule has 1 aromatic rings. The molecule has 17 heavy (non-hydrogen) atoms. The van der Waals surface area contributed by atoms with Crippen LogP contribution in [0.3, 0.4) is 0 Å². The first-order valence-corrected chi connectivity index (χ1v) is 4.86. The third-order valence-electron chi connectivity index (χ3n) is 2.09. The van der Waals surface area contributed by atoms with Crippen molar-refractivity contribution in [2.45, 2.75) is 13.3 Å². The molecule has 1 amide bonds. The van der Waals surface area contributed by atoms with Crippen LogP contribution in [0.4, 0.5) is 5.69 Å². The molecule has 0 spiro atoms. The Labute approximate surface area is 96.9 Å². The lowest BCUT2D eigenvalue weighted by Gasteiger charge is -2.06. The third-order valence-corrected chi connectivity index (χ3v) is 2.09. The standard InChI is InChI=1S/C11H11NO5/c1-2-9(13)12-6-3-4-7(10(14)15)8(5-6)11(16)17/h3-5H,2H2,1H3,(H,12,13)(H,14,15)(H,16,17). The van der Waals surface area contributed by atoms with Crippen LogP contribution < -0.4 is 5.32 Å². The summed E-state index contributed by atoms with van der Waals surface area (Å²) in [4.78, 5) is 32.7. The van der Waals surface area contributed by atoms with Gasteiger partial charge in [-0.25, -0.2) is 9.59 Å². The molecule has 0 saturated heterocycles. The summed E-state index contributed by atoms with van der Waals surface area (Å²) in [7, 11) is 0. The summed E-state index contributed by atoms with van der Waals surface area (Å²) in [5, 5.41) is 20.1. The molecule has 0 aliphatic carbocycles. The van der Waals surface area contributed by atoms with Gasteiger partial charge in [0.25, 0.3) is 0 Å². The van der Waals surface area contributed by atoms with E-state index in [0.29, 0.717) is 0 Å². The van der Waals surface area contributed by atoms with Crippen LogP contribution in [-0.4, -0.2) is 28.1 Å². The number of amides is 1. The highest BCUT2D eigenvalue weighted by atomic mass is 16.4. The minimum absolute atomic E-state index is 0.253. The van der Waals surface area contributed by atoms with E-state index in [1.54, 1.807) is 6.92 Å². The van der Waals surface area contributed by atoms with Gasteiger partial charge in [0.05, 0.1) is 11.1 Å². The molecule has 0 saturated carbocycles. The Kier molecular flexibility index (Phi) is 3.82. The van der Waals surface area contributed by atoms with Gasteiger partial charge in [0.1, 0.15) is 0 Å². The van der Waals surface area contributed by atoms with E-state index in [4.69, 9.17) is 10.2 Å². The molecule has 0 aliphatic heterocycles. The van der Waals surface area contributed by atoms with Crippen molar-refractivity contribution in [3.63, 3.8) is 0 Å². The average molecular weight is 237 g/mol. The van der Waals surface area contributed by atoms with Gasteiger partial charge in [-0.05, 0) is 18.2 Å². The Bertz CT molecular complexity index is 481. The number of rotatable bonds is 4. The van der Waals surface area contributed by atoms with E-state index in [-0.39, 0.29) is 29.1 Å². The summed E-state index contributed by atoms with van der Waals surface area (Å²) in [6.07, 6.45) is 0.253. The second-order valence-electron chi connectivity index (χ2n) is 3.27. The molecule has 0 fully saturated rings. The molecular weight excluding hydrogens is 226 g/mol. The lowest BCUT2D eigenvalue weighted by molar-refractivity contribution is -0.115. The Hall–Kier alpha value is -2.37. The Morgan fingerprint density at radius 1 is 1.12 bits per heavy atom. The minimum atomic E-state index is -1.35. The molecule has 6 nitrogen and oxygen atoms in total. The molecule has 0 aliphatic rings. The van der Waals surface area contributed by atoms with Crippen molar-refractivity contribution in [3.05, 3.63) is 29.3 Å². The summed E-state index contributed by atoms with van der Waals surface area (Å²) in [6, 6.07) is 3.62. The van der Waals surface area contributed by atoms with E-state index < -0.39 is 11.9 Å². The molecule has 0 aromatic heterocycles. The van der Waals surface area contributed by atoms with Gasteiger partial charge in [0.15, 0.2) is 0 Å². The normalized spacial score (nSPS) is 9.71. The van der Waals surface area contributed by atoms with Crippen LogP contribution >= 0.6 is 0 Å². The van der Waals surface area contributed by atoms with Gasteiger partial charge in [-0.3, -0.25) is 4.79 Å². The van der Waals surface area contributed by atoms with Crippen LogP contribution in [0.5, 0.6) is 0 Å². The number of nitrogens with one attached hydrogen (secondary N) is 1. The molecule has 0 bridgehead atoms. The molecule has 90 valence electrons. The van der Waals surface area contributed by atoms with E-state index in [2.05, 4.69) is 5.32 Å². The molecule has 1 rings (SSSR count). The predicted molar refractivity (Wildman–Crippen MR) is 59.3 cm³/mol. The van der Waals surface area contributed by atoms with Crippen molar-refractivity contribution in [2.75, 3.05) is 5.32 Å². The topological polar surface area (TPSA) is 104 Å². The summed E-state index contributed by atoms with van der Waals surface area (Å²) in [6.45, 7) is 1.65. The van der Waals surface area contributed by atoms with Gasteiger partial charge in [-0.2, -0.15) is 0 Å². The molecule has 1 aromatic carbocycles. The highest BCUT2D eigenvalue weighted by Crippen LogP contribution is 2.16. The fourth-order valence-corrected chi connectivity index (χ4v) is 1.23. The minimum Gasteiger partial charge on any atom is -0.478 e. The number of benzene rings is 1. The fraction of sp³-hybridized carbons (Fsp3) is 0.182. The average Bonchev–Trinajstić information content (AvgIpc) is 2.28. The van der Waals surface area contributed by atoms with E-state index in [0.717, 1.165) is 12.1 Å². The quantitative estimate of drug-likeness (QED) is 0.734. The first-order chi connectivity index (χ1) is 7.95. The first-order valence-electron chi connectivity index (χ1n) is 4.86.